The Kier molecular flexibility index (Phi) is 7.77. The van der Waals surface area contributed by atoms with Crippen LogP contribution in [0.2, 0.25) is 0 Å². The number of carbonyl (C=O) groups excluding carboxylic acids is 1. The maximum atomic E-state index is 13.3. The Morgan fingerprint density at radius 2 is 1.59 bits per heavy atom. The number of aromatic nitrogens is 2. The number of nitrogens with zero attached hydrogens (tertiary/aromatic N) is 3. The SMILES string of the molecule is CC(C)NC(=O)c1ccc([N+](=O)[O-])cc1F.CC(C)Nc1n[nH]c2cc([N+](=O)[O-])ccc12. The summed E-state index contributed by atoms with van der Waals surface area (Å²) in [6.45, 7) is 7.49. The van der Waals surface area contributed by atoms with Gasteiger partial charge in [0, 0.05) is 35.7 Å². The van der Waals surface area contributed by atoms with Crippen molar-refractivity contribution in [2.45, 2.75) is 39.8 Å². The van der Waals surface area contributed by atoms with Crippen LogP contribution in [0, 0.1) is 26.0 Å². The molecule has 3 rings (SSSR count). The minimum absolute atomic E-state index is 0.0623. The van der Waals surface area contributed by atoms with Crippen LogP contribution in [-0.2, 0) is 0 Å². The number of fused-ring (bicyclic) bond motifs is 1. The summed E-state index contributed by atoms with van der Waals surface area (Å²) < 4.78 is 13.3. The third-order valence-corrected chi connectivity index (χ3v) is 4.01. The summed E-state index contributed by atoms with van der Waals surface area (Å²) in [7, 11) is 0. The van der Waals surface area contributed by atoms with E-state index in [0.717, 1.165) is 29.4 Å². The van der Waals surface area contributed by atoms with E-state index in [4.69, 9.17) is 0 Å². The van der Waals surface area contributed by atoms with Crippen LogP contribution < -0.4 is 10.6 Å². The predicted molar refractivity (Wildman–Crippen MR) is 117 cm³/mol. The van der Waals surface area contributed by atoms with Gasteiger partial charge in [-0.15, -0.1) is 0 Å². The van der Waals surface area contributed by atoms with Gasteiger partial charge in [-0.3, -0.25) is 30.1 Å². The summed E-state index contributed by atoms with van der Waals surface area (Å²) in [4.78, 5) is 31.2. The number of rotatable bonds is 6. The van der Waals surface area contributed by atoms with Crippen molar-refractivity contribution >= 4 is 34.0 Å². The fourth-order valence-electron chi connectivity index (χ4n) is 2.65. The number of aromatic amines is 1. The highest BCUT2D eigenvalue weighted by atomic mass is 19.1. The number of amides is 1. The molecule has 0 aliphatic heterocycles. The van der Waals surface area contributed by atoms with Crippen molar-refractivity contribution in [3.05, 3.63) is 68.0 Å². The second-order valence-electron chi connectivity index (χ2n) is 7.41. The van der Waals surface area contributed by atoms with E-state index < -0.39 is 21.6 Å². The molecule has 0 unspecified atom stereocenters. The summed E-state index contributed by atoms with van der Waals surface area (Å²) in [5, 5.41) is 34.3. The maximum Gasteiger partial charge on any atom is 0.272 e. The van der Waals surface area contributed by atoms with E-state index in [1.54, 1.807) is 19.9 Å². The molecule has 1 aromatic heterocycles. The zero-order chi connectivity index (χ0) is 24.0. The van der Waals surface area contributed by atoms with Gasteiger partial charge in [0.1, 0.15) is 5.82 Å². The Morgan fingerprint density at radius 1 is 1.00 bits per heavy atom. The lowest BCUT2D eigenvalue weighted by Crippen LogP contribution is -2.30. The second kappa shape index (κ2) is 10.3. The molecule has 32 heavy (non-hydrogen) atoms. The van der Waals surface area contributed by atoms with E-state index in [1.165, 1.54) is 12.1 Å². The molecule has 1 amide bonds. The van der Waals surface area contributed by atoms with Gasteiger partial charge in [-0.1, -0.05) is 0 Å². The van der Waals surface area contributed by atoms with E-state index in [9.17, 15) is 29.4 Å². The van der Waals surface area contributed by atoms with Crippen molar-refractivity contribution in [3.8, 4) is 0 Å². The van der Waals surface area contributed by atoms with Crippen molar-refractivity contribution in [2.75, 3.05) is 5.32 Å². The second-order valence-corrected chi connectivity index (χ2v) is 7.41. The summed E-state index contributed by atoms with van der Waals surface area (Å²) >= 11 is 0. The molecule has 0 bridgehead atoms. The van der Waals surface area contributed by atoms with Crippen molar-refractivity contribution in [1.29, 1.82) is 0 Å². The quantitative estimate of drug-likeness (QED) is 0.379. The molecule has 0 aliphatic carbocycles. The topological polar surface area (TPSA) is 156 Å². The van der Waals surface area contributed by atoms with Crippen LogP contribution >= 0.6 is 0 Å². The van der Waals surface area contributed by atoms with E-state index in [0.29, 0.717) is 5.52 Å². The number of halogens is 1. The number of benzene rings is 2. The Labute approximate surface area is 182 Å². The van der Waals surface area contributed by atoms with Crippen molar-refractivity contribution in [1.82, 2.24) is 15.5 Å². The number of anilines is 1. The number of H-pyrrole nitrogens is 1. The number of hydrogen-bond donors (Lipinski definition) is 3. The zero-order valence-electron chi connectivity index (χ0n) is 17.9. The first-order valence-electron chi connectivity index (χ1n) is 9.63. The molecule has 0 radical (unpaired) electrons. The van der Waals surface area contributed by atoms with Crippen LogP contribution in [0.1, 0.15) is 38.1 Å². The van der Waals surface area contributed by atoms with Gasteiger partial charge in [-0.25, -0.2) is 4.39 Å². The molecule has 3 N–H and O–H groups in total. The van der Waals surface area contributed by atoms with Gasteiger partial charge in [-0.05, 0) is 39.8 Å². The molecule has 2 aromatic carbocycles. The first kappa shape index (κ1) is 24.2. The summed E-state index contributed by atoms with van der Waals surface area (Å²) in [5.41, 5.74) is 0.155. The van der Waals surface area contributed by atoms with Gasteiger partial charge in [0.2, 0.25) is 0 Å². The predicted octanol–water partition coefficient (Wildman–Crippen LogP) is 4.16. The van der Waals surface area contributed by atoms with Gasteiger partial charge in [-0.2, -0.15) is 5.10 Å². The van der Waals surface area contributed by atoms with Gasteiger partial charge in [0.15, 0.2) is 5.82 Å². The Bertz CT molecular complexity index is 1140. The molecule has 0 fully saturated rings. The Morgan fingerprint density at radius 3 is 2.12 bits per heavy atom. The first-order valence-corrected chi connectivity index (χ1v) is 9.63. The standard InChI is InChI=1S/C10H11FN2O3.C10H12N4O2/c1-6(2)12-10(14)8-4-3-7(13(15)16)5-9(8)11;1-6(2)11-10-8-4-3-7(14(15)16)5-9(8)12-13-10/h3-6H,1-2H3,(H,12,14);3-6H,1-2H3,(H2,11,12,13). The number of nitro benzene ring substituents is 2. The minimum atomic E-state index is -0.896. The number of nitrogens with one attached hydrogen (secondary N) is 3. The smallest absolute Gasteiger partial charge is 0.272 e. The molecule has 1 heterocycles. The Hall–Kier alpha value is -4.09. The monoisotopic (exact) mass is 446 g/mol. The largest absolute Gasteiger partial charge is 0.366 e. The average molecular weight is 446 g/mol. The summed E-state index contributed by atoms with van der Waals surface area (Å²) in [5.74, 6) is -0.755. The molecule has 0 atom stereocenters. The first-order chi connectivity index (χ1) is 15.0. The average Bonchev–Trinajstić information content (AvgIpc) is 3.09. The normalized spacial score (nSPS) is 10.6. The van der Waals surface area contributed by atoms with Crippen molar-refractivity contribution in [2.24, 2.45) is 0 Å². The maximum absolute atomic E-state index is 13.3. The molecule has 11 nitrogen and oxygen atoms in total. The number of hydrogen-bond acceptors (Lipinski definition) is 7. The van der Waals surface area contributed by atoms with Crippen molar-refractivity contribution in [3.63, 3.8) is 0 Å². The molecule has 0 spiro atoms. The molecule has 0 saturated heterocycles. The third kappa shape index (κ3) is 6.20. The fraction of sp³-hybridized carbons (Fsp3) is 0.300. The number of non-ortho nitro benzene ring substituents is 2. The molecule has 12 heteroatoms. The van der Waals surface area contributed by atoms with Gasteiger partial charge >= 0.3 is 0 Å². The highest BCUT2D eigenvalue weighted by Gasteiger charge is 2.16. The molecule has 3 aromatic rings. The number of carbonyl (C=O) groups is 1. The van der Waals surface area contributed by atoms with Gasteiger partial charge < -0.3 is 10.6 Å². The van der Waals surface area contributed by atoms with Gasteiger partial charge in [0.25, 0.3) is 17.3 Å². The highest BCUT2D eigenvalue weighted by molar-refractivity contribution is 5.94. The summed E-state index contributed by atoms with van der Waals surface area (Å²) in [6, 6.07) is 7.72. The third-order valence-electron chi connectivity index (χ3n) is 4.01. The fourth-order valence-corrected chi connectivity index (χ4v) is 2.65. The molecule has 170 valence electrons. The lowest BCUT2D eigenvalue weighted by atomic mass is 10.1. The lowest BCUT2D eigenvalue weighted by molar-refractivity contribution is -0.385. The van der Waals surface area contributed by atoms with Crippen LogP contribution in [0.5, 0.6) is 0 Å². The molecule has 0 aliphatic rings. The zero-order valence-corrected chi connectivity index (χ0v) is 17.9. The van der Waals surface area contributed by atoms with Crippen LogP contribution in [0.25, 0.3) is 10.9 Å². The van der Waals surface area contributed by atoms with E-state index >= 15 is 0 Å². The lowest BCUT2D eigenvalue weighted by Gasteiger charge is -2.08. The molecule has 0 saturated carbocycles. The van der Waals surface area contributed by atoms with Crippen LogP contribution in [0.15, 0.2) is 36.4 Å². The van der Waals surface area contributed by atoms with Crippen LogP contribution in [-0.4, -0.2) is 38.0 Å². The number of nitro groups is 2. The van der Waals surface area contributed by atoms with E-state index in [2.05, 4.69) is 20.8 Å². The summed E-state index contributed by atoms with van der Waals surface area (Å²) in [6.07, 6.45) is 0. The van der Waals surface area contributed by atoms with E-state index in [-0.39, 0.29) is 29.0 Å². The van der Waals surface area contributed by atoms with E-state index in [1.807, 2.05) is 13.8 Å². The van der Waals surface area contributed by atoms with Crippen molar-refractivity contribution < 1.29 is 19.0 Å². The molecular weight excluding hydrogens is 423 g/mol. The highest BCUT2D eigenvalue weighted by Crippen LogP contribution is 2.24. The van der Waals surface area contributed by atoms with Crippen LogP contribution in [0.4, 0.5) is 21.6 Å². The minimum Gasteiger partial charge on any atom is -0.366 e. The Balaban J connectivity index is 0.000000227. The van der Waals surface area contributed by atoms with Crippen LogP contribution in [0.3, 0.4) is 0 Å². The van der Waals surface area contributed by atoms with Gasteiger partial charge in [0.05, 0.1) is 27.0 Å². The molecular formula is C20H23FN6O5.